The Balaban J connectivity index is 1.54. The lowest BCUT2D eigenvalue weighted by atomic mass is 10.1. The molecule has 5 nitrogen and oxygen atoms in total. The average molecular weight is 339 g/mol. The molecule has 0 aliphatic carbocycles. The van der Waals surface area contributed by atoms with Gasteiger partial charge in [-0.25, -0.2) is 0 Å². The van der Waals surface area contributed by atoms with E-state index in [0.29, 0.717) is 18.0 Å². The second kappa shape index (κ2) is 7.70. The van der Waals surface area contributed by atoms with Crippen LogP contribution in [0.5, 0.6) is 5.75 Å². The molecule has 3 aromatic rings. The molecule has 122 valence electrons. The Bertz CT molecular complexity index is 801. The number of amides is 1. The van der Waals surface area contributed by atoms with E-state index >= 15 is 0 Å². The number of anilines is 1. The van der Waals surface area contributed by atoms with Crippen LogP contribution in [0.25, 0.3) is 10.6 Å². The van der Waals surface area contributed by atoms with Crippen LogP contribution in [0, 0.1) is 0 Å². The van der Waals surface area contributed by atoms with Crippen LogP contribution in [0.2, 0.25) is 0 Å². The Labute approximate surface area is 144 Å². The molecule has 0 radical (unpaired) electrons. The van der Waals surface area contributed by atoms with Crippen LogP contribution in [-0.4, -0.2) is 23.2 Å². The number of hydrogen-bond donors (Lipinski definition) is 1. The first-order valence-corrected chi connectivity index (χ1v) is 8.38. The van der Waals surface area contributed by atoms with Gasteiger partial charge in [0, 0.05) is 12.0 Å². The minimum atomic E-state index is -0.0680. The number of methoxy groups -OCH3 is 1. The van der Waals surface area contributed by atoms with Gasteiger partial charge in [-0.3, -0.25) is 4.79 Å². The zero-order chi connectivity index (χ0) is 16.8. The molecule has 3 rings (SSSR count). The summed E-state index contributed by atoms with van der Waals surface area (Å²) < 4.78 is 5.12. The predicted octanol–water partition coefficient (Wildman–Crippen LogP) is 3.79. The van der Waals surface area contributed by atoms with Crippen LogP contribution in [-0.2, 0) is 11.2 Å². The number of hydrogen-bond acceptors (Lipinski definition) is 5. The van der Waals surface area contributed by atoms with E-state index in [9.17, 15) is 4.79 Å². The lowest BCUT2D eigenvalue weighted by Gasteiger charge is -2.03. The van der Waals surface area contributed by atoms with Crippen LogP contribution in [0.4, 0.5) is 5.13 Å². The zero-order valence-corrected chi connectivity index (χ0v) is 14.0. The molecule has 0 atom stereocenters. The number of carbonyl (C=O) groups is 1. The molecule has 1 aromatic heterocycles. The third-order valence-electron chi connectivity index (χ3n) is 3.49. The third-order valence-corrected chi connectivity index (χ3v) is 4.38. The number of benzene rings is 2. The molecule has 0 saturated heterocycles. The molecule has 6 heteroatoms. The first-order valence-electron chi connectivity index (χ1n) is 7.56. The van der Waals surface area contributed by atoms with Crippen molar-refractivity contribution in [3.8, 4) is 16.3 Å². The Kier molecular flexibility index (Phi) is 5.18. The van der Waals surface area contributed by atoms with Crippen LogP contribution >= 0.6 is 11.3 Å². The van der Waals surface area contributed by atoms with E-state index in [0.717, 1.165) is 21.9 Å². The summed E-state index contributed by atoms with van der Waals surface area (Å²) in [4.78, 5) is 12.1. The van der Waals surface area contributed by atoms with E-state index in [1.54, 1.807) is 7.11 Å². The van der Waals surface area contributed by atoms with Gasteiger partial charge < -0.3 is 10.1 Å². The summed E-state index contributed by atoms with van der Waals surface area (Å²) in [5.41, 5.74) is 2.09. The molecule has 1 amide bonds. The number of rotatable bonds is 6. The summed E-state index contributed by atoms with van der Waals surface area (Å²) in [5, 5.41) is 12.3. The van der Waals surface area contributed by atoms with E-state index in [4.69, 9.17) is 4.74 Å². The van der Waals surface area contributed by atoms with Crippen molar-refractivity contribution < 1.29 is 9.53 Å². The fourth-order valence-corrected chi connectivity index (χ4v) is 2.97. The molecule has 0 bridgehead atoms. The minimum absolute atomic E-state index is 0.0680. The maximum absolute atomic E-state index is 12.1. The zero-order valence-electron chi connectivity index (χ0n) is 13.2. The fraction of sp³-hybridized carbons (Fsp3) is 0.167. The average Bonchev–Trinajstić information content (AvgIpc) is 3.09. The van der Waals surface area contributed by atoms with Gasteiger partial charge in [0.2, 0.25) is 11.0 Å². The highest BCUT2D eigenvalue weighted by Crippen LogP contribution is 2.26. The highest BCUT2D eigenvalue weighted by molar-refractivity contribution is 7.18. The van der Waals surface area contributed by atoms with Crippen molar-refractivity contribution in [2.75, 3.05) is 12.4 Å². The quantitative estimate of drug-likeness (QED) is 0.742. The summed E-state index contributed by atoms with van der Waals surface area (Å²) in [6.07, 6.45) is 1.06. The van der Waals surface area contributed by atoms with Crippen molar-refractivity contribution in [1.29, 1.82) is 0 Å². The van der Waals surface area contributed by atoms with Crippen molar-refractivity contribution in [2.45, 2.75) is 12.8 Å². The van der Waals surface area contributed by atoms with E-state index in [2.05, 4.69) is 15.5 Å². The predicted molar refractivity (Wildman–Crippen MR) is 95.3 cm³/mol. The lowest BCUT2D eigenvalue weighted by molar-refractivity contribution is -0.116. The monoisotopic (exact) mass is 339 g/mol. The van der Waals surface area contributed by atoms with Crippen molar-refractivity contribution in [3.05, 3.63) is 60.2 Å². The summed E-state index contributed by atoms with van der Waals surface area (Å²) in [5.74, 6) is 0.743. The molecule has 0 aliphatic heterocycles. The summed E-state index contributed by atoms with van der Waals surface area (Å²) >= 11 is 1.37. The first-order chi connectivity index (χ1) is 11.7. The van der Waals surface area contributed by atoms with Crippen LogP contribution in [0.1, 0.15) is 12.0 Å². The standard InChI is InChI=1S/C18H17N3O2S/c1-23-15-10-7-13(8-11-15)9-12-16(22)19-18-21-20-17(24-18)14-5-3-2-4-6-14/h2-8,10-11H,9,12H2,1H3,(H,19,21,22). The van der Waals surface area contributed by atoms with Crippen molar-refractivity contribution in [3.63, 3.8) is 0 Å². The SMILES string of the molecule is COc1ccc(CCC(=O)Nc2nnc(-c3ccccc3)s2)cc1. The molecule has 1 N–H and O–H groups in total. The Morgan fingerprint density at radius 1 is 1.08 bits per heavy atom. The molecule has 0 fully saturated rings. The molecule has 2 aromatic carbocycles. The van der Waals surface area contributed by atoms with Crippen LogP contribution in [0.3, 0.4) is 0 Å². The molecule has 0 saturated carbocycles. The normalized spacial score (nSPS) is 10.4. The molecule has 0 aliphatic rings. The molecular weight excluding hydrogens is 322 g/mol. The van der Waals surface area contributed by atoms with Crippen LogP contribution in [0.15, 0.2) is 54.6 Å². The topological polar surface area (TPSA) is 64.1 Å². The van der Waals surface area contributed by atoms with Crippen LogP contribution < -0.4 is 10.1 Å². The number of ether oxygens (including phenoxy) is 1. The number of aryl methyl sites for hydroxylation is 1. The highest BCUT2D eigenvalue weighted by Gasteiger charge is 2.09. The second-order valence-electron chi connectivity index (χ2n) is 5.17. The Morgan fingerprint density at radius 3 is 2.54 bits per heavy atom. The second-order valence-corrected chi connectivity index (χ2v) is 6.15. The van der Waals surface area contributed by atoms with Gasteiger partial charge in [-0.1, -0.05) is 53.8 Å². The van der Waals surface area contributed by atoms with Crippen molar-refractivity contribution in [2.24, 2.45) is 0 Å². The smallest absolute Gasteiger partial charge is 0.226 e. The number of aromatic nitrogens is 2. The third kappa shape index (κ3) is 4.17. The van der Waals surface area contributed by atoms with Gasteiger partial charge in [0.25, 0.3) is 0 Å². The van der Waals surface area contributed by atoms with E-state index in [1.807, 2.05) is 54.6 Å². The summed E-state index contributed by atoms with van der Waals surface area (Å²) in [7, 11) is 1.63. The summed E-state index contributed by atoms with van der Waals surface area (Å²) in [6, 6.07) is 17.5. The van der Waals surface area contributed by atoms with Gasteiger partial charge in [0.1, 0.15) is 10.8 Å². The largest absolute Gasteiger partial charge is 0.497 e. The molecule has 1 heterocycles. The molecular formula is C18H17N3O2S. The Hall–Kier alpha value is -2.73. The summed E-state index contributed by atoms with van der Waals surface area (Å²) in [6.45, 7) is 0. The maximum Gasteiger partial charge on any atom is 0.226 e. The Morgan fingerprint density at radius 2 is 1.83 bits per heavy atom. The number of carbonyl (C=O) groups excluding carboxylic acids is 1. The van der Waals surface area contributed by atoms with Crippen molar-refractivity contribution in [1.82, 2.24) is 10.2 Å². The van der Waals surface area contributed by atoms with Gasteiger partial charge in [0.15, 0.2) is 0 Å². The molecule has 24 heavy (non-hydrogen) atoms. The first kappa shape index (κ1) is 16.1. The van der Waals surface area contributed by atoms with Gasteiger partial charge in [-0.2, -0.15) is 0 Å². The molecule has 0 spiro atoms. The lowest BCUT2D eigenvalue weighted by Crippen LogP contribution is -2.12. The van der Waals surface area contributed by atoms with Gasteiger partial charge in [-0.15, -0.1) is 10.2 Å². The molecule has 0 unspecified atom stereocenters. The van der Waals surface area contributed by atoms with Gasteiger partial charge in [-0.05, 0) is 24.1 Å². The van der Waals surface area contributed by atoms with Crippen molar-refractivity contribution >= 4 is 22.4 Å². The van der Waals surface area contributed by atoms with Gasteiger partial charge >= 0.3 is 0 Å². The van der Waals surface area contributed by atoms with Gasteiger partial charge in [0.05, 0.1) is 7.11 Å². The highest BCUT2D eigenvalue weighted by atomic mass is 32.1. The van der Waals surface area contributed by atoms with E-state index in [1.165, 1.54) is 11.3 Å². The fourth-order valence-electron chi connectivity index (χ4n) is 2.20. The minimum Gasteiger partial charge on any atom is -0.497 e. The maximum atomic E-state index is 12.1. The van der Waals surface area contributed by atoms with E-state index in [-0.39, 0.29) is 5.91 Å². The number of nitrogens with zero attached hydrogens (tertiary/aromatic N) is 2. The number of nitrogens with one attached hydrogen (secondary N) is 1. The van der Waals surface area contributed by atoms with E-state index < -0.39 is 0 Å².